The summed E-state index contributed by atoms with van der Waals surface area (Å²) in [4.78, 5) is 13.3. The van der Waals surface area contributed by atoms with Gasteiger partial charge in [-0.05, 0) is 61.2 Å². The number of benzene rings is 1. The van der Waals surface area contributed by atoms with Crippen LogP contribution in [-0.4, -0.2) is 20.2 Å². The molecule has 25 heavy (non-hydrogen) atoms. The molecule has 2 aliphatic carbocycles. The summed E-state index contributed by atoms with van der Waals surface area (Å²) in [6, 6.07) is 8.24. The molecule has 0 spiro atoms. The highest BCUT2D eigenvalue weighted by atomic mass is 28.4. The van der Waals surface area contributed by atoms with Crippen molar-refractivity contribution < 1.29 is 9.22 Å². The number of carbonyl (C=O) groups is 1. The smallest absolute Gasteiger partial charge is 0.192 e. The molecule has 0 amide bonds. The Bertz CT molecular complexity index is 644. The van der Waals surface area contributed by atoms with Gasteiger partial charge in [-0.1, -0.05) is 52.0 Å². The molecule has 0 N–H and O–H groups in total. The van der Waals surface area contributed by atoms with Crippen LogP contribution in [0.3, 0.4) is 0 Å². The van der Waals surface area contributed by atoms with E-state index in [-0.39, 0.29) is 17.1 Å². The molecule has 1 aromatic rings. The molecule has 3 heteroatoms. The average Bonchev–Trinajstić information content (AvgIpc) is 2.64. The molecule has 1 fully saturated rings. The Morgan fingerprint density at radius 3 is 2.48 bits per heavy atom. The number of ketones is 1. The second kappa shape index (κ2) is 6.66. The summed E-state index contributed by atoms with van der Waals surface area (Å²) in [7, 11) is -1.83. The summed E-state index contributed by atoms with van der Waals surface area (Å²) >= 11 is 0. The lowest BCUT2D eigenvalue weighted by Crippen LogP contribution is -2.49. The number of aryl methyl sites for hydroxylation is 1. The SMILES string of the molecule is C[C@H]1CC(O[Si](C)(C)C(C)(C)C)[C@@H]2CCc3ccccc3C(=O)[C@H]2C1. The van der Waals surface area contributed by atoms with Gasteiger partial charge in [0.25, 0.3) is 0 Å². The van der Waals surface area contributed by atoms with Crippen LogP contribution in [0, 0.1) is 17.8 Å². The van der Waals surface area contributed by atoms with E-state index in [1.807, 2.05) is 12.1 Å². The summed E-state index contributed by atoms with van der Waals surface area (Å²) in [6.45, 7) is 13.9. The van der Waals surface area contributed by atoms with E-state index in [1.54, 1.807) is 0 Å². The van der Waals surface area contributed by atoms with Gasteiger partial charge in [-0.3, -0.25) is 4.79 Å². The molecule has 2 aliphatic rings. The third-order valence-electron chi connectivity index (χ3n) is 6.90. The summed E-state index contributed by atoms with van der Waals surface area (Å²) < 4.78 is 6.87. The topological polar surface area (TPSA) is 26.3 Å². The largest absolute Gasteiger partial charge is 0.414 e. The minimum Gasteiger partial charge on any atom is -0.414 e. The van der Waals surface area contributed by atoms with E-state index in [0.29, 0.717) is 17.6 Å². The molecule has 3 rings (SSSR count). The highest BCUT2D eigenvalue weighted by Gasteiger charge is 2.47. The van der Waals surface area contributed by atoms with E-state index in [1.165, 1.54) is 5.56 Å². The fourth-order valence-electron chi connectivity index (χ4n) is 4.41. The van der Waals surface area contributed by atoms with Crippen LogP contribution in [0.2, 0.25) is 18.1 Å². The summed E-state index contributed by atoms with van der Waals surface area (Å²) in [6.07, 6.45) is 4.47. The molecular weight excluding hydrogens is 324 g/mol. The number of hydrogen-bond donors (Lipinski definition) is 0. The van der Waals surface area contributed by atoms with Gasteiger partial charge in [0.15, 0.2) is 14.1 Å². The molecule has 138 valence electrons. The maximum Gasteiger partial charge on any atom is 0.192 e. The Hall–Kier alpha value is -0.933. The Morgan fingerprint density at radius 2 is 1.80 bits per heavy atom. The number of hydrogen-bond acceptors (Lipinski definition) is 2. The number of carbonyl (C=O) groups excluding carboxylic acids is 1. The van der Waals surface area contributed by atoms with Crippen molar-refractivity contribution in [2.75, 3.05) is 0 Å². The van der Waals surface area contributed by atoms with Crippen LogP contribution < -0.4 is 0 Å². The number of fused-ring (bicyclic) bond motifs is 2. The monoisotopic (exact) mass is 358 g/mol. The molecular formula is C22H34O2Si. The molecule has 0 heterocycles. The van der Waals surface area contributed by atoms with Gasteiger partial charge >= 0.3 is 0 Å². The maximum atomic E-state index is 13.3. The van der Waals surface area contributed by atoms with Crippen molar-refractivity contribution in [3.05, 3.63) is 35.4 Å². The summed E-state index contributed by atoms with van der Waals surface area (Å²) in [5.74, 6) is 1.45. The standard InChI is InChI=1S/C22H34O2Si/c1-15-13-19-18(20(14-15)24-25(5,6)22(2,3)4)12-11-16-9-7-8-10-17(16)21(19)23/h7-10,15,18-20H,11-14H2,1-6H3/t15-,18-,19+,20?/m1/s1. The van der Waals surface area contributed by atoms with Crippen molar-refractivity contribution in [1.82, 2.24) is 0 Å². The zero-order valence-electron chi connectivity index (χ0n) is 16.8. The van der Waals surface area contributed by atoms with Gasteiger partial charge < -0.3 is 4.43 Å². The lowest BCUT2D eigenvalue weighted by Gasteiger charge is -2.46. The van der Waals surface area contributed by atoms with Crippen LogP contribution in [-0.2, 0) is 10.8 Å². The highest BCUT2D eigenvalue weighted by molar-refractivity contribution is 6.74. The minimum atomic E-state index is -1.83. The molecule has 0 radical (unpaired) electrons. The molecule has 2 nitrogen and oxygen atoms in total. The average molecular weight is 359 g/mol. The first-order valence-electron chi connectivity index (χ1n) is 9.90. The lowest BCUT2D eigenvalue weighted by molar-refractivity contribution is 0.0179. The fourth-order valence-corrected chi connectivity index (χ4v) is 5.80. The molecule has 1 aromatic carbocycles. The van der Waals surface area contributed by atoms with Crippen molar-refractivity contribution in [1.29, 1.82) is 0 Å². The van der Waals surface area contributed by atoms with Gasteiger partial charge in [-0.2, -0.15) is 0 Å². The van der Waals surface area contributed by atoms with Gasteiger partial charge in [0.1, 0.15) is 0 Å². The molecule has 0 bridgehead atoms. The van der Waals surface area contributed by atoms with E-state index >= 15 is 0 Å². The van der Waals surface area contributed by atoms with Gasteiger partial charge in [-0.25, -0.2) is 0 Å². The third kappa shape index (κ3) is 3.64. The van der Waals surface area contributed by atoms with Crippen molar-refractivity contribution in [3.63, 3.8) is 0 Å². The van der Waals surface area contributed by atoms with Crippen molar-refractivity contribution in [2.24, 2.45) is 17.8 Å². The predicted molar refractivity (Wildman–Crippen MR) is 107 cm³/mol. The van der Waals surface area contributed by atoms with E-state index in [4.69, 9.17) is 4.43 Å². The van der Waals surface area contributed by atoms with E-state index in [0.717, 1.165) is 31.2 Å². The fraction of sp³-hybridized carbons (Fsp3) is 0.682. The Kier molecular flexibility index (Phi) is 5.02. The zero-order chi connectivity index (χ0) is 18.4. The van der Waals surface area contributed by atoms with E-state index < -0.39 is 8.32 Å². The number of rotatable bonds is 2. The van der Waals surface area contributed by atoms with Crippen LogP contribution in [0.1, 0.15) is 62.9 Å². The van der Waals surface area contributed by atoms with Crippen LogP contribution in [0.4, 0.5) is 0 Å². The van der Waals surface area contributed by atoms with Crippen LogP contribution >= 0.6 is 0 Å². The lowest BCUT2D eigenvalue weighted by atomic mass is 9.70. The van der Waals surface area contributed by atoms with Crippen LogP contribution in [0.5, 0.6) is 0 Å². The Morgan fingerprint density at radius 1 is 1.12 bits per heavy atom. The molecule has 0 aromatic heterocycles. The van der Waals surface area contributed by atoms with Crippen LogP contribution in [0.15, 0.2) is 24.3 Å². The highest BCUT2D eigenvalue weighted by Crippen LogP contribution is 2.46. The molecule has 0 aliphatic heterocycles. The predicted octanol–water partition coefficient (Wildman–Crippen LogP) is 5.87. The normalized spacial score (nSPS) is 30.4. The molecule has 1 unspecified atom stereocenters. The van der Waals surface area contributed by atoms with E-state index in [9.17, 15) is 4.79 Å². The quantitative estimate of drug-likeness (QED) is 0.618. The first-order valence-corrected chi connectivity index (χ1v) is 12.8. The van der Waals surface area contributed by atoms with Gasteiger partial charge in [0.2, 0.25) is 0 Å². The van der Waals surface area contributed by atoms with Gasteiger partial charge in [0, 0.05) is 17.6 Å². The number of Topliss-reactive ketones (excluding diaryl/α,β-unsaturated/α-hetero) is 1. The molecule has 1 saturated carbocycles. The summed E-state index contributed by atoms with van der Waals surface area (Å²) in [5.41, 5.74) is 2.20. The first kappa shape index (κ1) is 18.8. The maximum absolute atomic E-state index is 13.3. The Balaban J connectivity index is 1.90. The summed E-state index contributed by atoms with van der Waals surface area (Å²) in [5, 5.41) is 0.209. The van der Waals surface area contributed by atoms with Crippen molar-refractivity contribution >= 4 is 14.1 Å². The second-order valence-corrected chi connectivity index (χ2v) is 14.6. The minimum absolute atomic E-state index is 0.141. The zero-order valence-corrected chi connectivity index (χ0v) is 17.8. The van der Waals surface area contributed by atoms with Gasteiger partial charge in [-0.15, -0.1) is 0 Å². The van der Waals surface area contributed by atoms with Crippen molar-refractivity contribution in [3.8, 4) is 0 Å². The molecule has 0 saturated heterocycles. The van der Waals surface area contributed by atoms with E-state index in [2.05, 4.69) is 52.9 Å². The molecule has 4 atom stereocenters. The Labute approximate surface area is 154 Å². The van der Waals surface area contributed by atoms with Crippen molar-refractivity contribution in [2.45, 2.75) is 77.6 Å². The van der Waals surface area contributed by atoms with Gasteiger partial charge in [0.05, 0.1) is 0 Å². The first-order chi connectivity index (χ1) is 11.6. The second-order valence-electron chi connectivity index (χ2n) is 9.82. The van der Waals surface area contributed by atoms with Crippen LogP contribution in [0.25, 0.3) is 0 Å². The third-order valence-corrected chi connectivity index (χ3v) is 11.4.